The van der Waals surface area contributed by atoms with Gasteiger partial charge in [0.25, 0.3) is 0 Å². The Hall–Kier alpha value is -1.38. The standard InChI is InChI=1S/C10H14N2O5S/c11-18(14,15)8-5-9(12-6-8)10(13)17-7-1-3-16-4-2-7/h5-7,12H,1-4H2,(H2,11,14,15). The zero-order chi connectivity index (χ0) is 13.2. The van der Waals surface area contributed by atoms with E-state index < -0.39 is 16.0 Å². The van der Waals surface area contributed by atoms with Crippen LogP contribution in [0.1, 0.15) is 23.3 Å². The Morgan fingerprint density at radius 2 is 2.11 bits per heavy atom. The van der Waals surface area contributed by atoms with Gasteiger partial charge >= 0.3 is 5.97 Å². The minimum Gasteiger partial charge on any atom is -0.458 e. The maximum absolute atomic E-state index is 11.7. The second-order valence-electron chi connectivity index (χ2n) is 4.01. The summed E-state index contributed by atoms with van der Waals surface area (Å²) in [7, 11) is -3.81. The van der Waals surface area contributed by atoms with Crippen molar-refractivity contribution in [3.63, 3.8) is 0 Å². The molecule has 0 saturated carbocycles. The van der Waals surface area contributed by atoms with Crippen LogP contribution in [0.5, 0.6) is 0 Å². The van der Waals surface area contributed by atoms with E-state index in [4.69, 9.17) is 14.6 Å². The van der Waals surface area contributed by atoms with Crippen LogP contribution in [-0.2, 0) is 19.5 Å². The summed E-state index contributed by atoms with van der Waals surface area (Å²) >= 11 is 0. The molecule has 18 heavy (non-hydrogen) atoms. The molecule has 0 radical (unpaired) electrons. The second-order valence-corrected chi connectivity index (χ2v) is 5.57. The van der Waals surface area contributed by atoms with Gasteiger partial charge in [0, 0.05) is 19.0 Å². The Kier molecular flexibility index (Phi) is 3.69. The van der Waals surface area contributed by atoms with Crippen LogP contribution < -0.4 is 5.14 Å². The van der Waals surface area contributed by atoms with E-state index in [1.165, 1.54) is 0 Å². The fourth-order valence-corrected chi connectivity index (χ4v) is 2.17. The summed E-state index contributed by atoms with van der Waals surface area (Å²) in [6.07, 6.45) is 2.27. The number of H-pyrrole nitrogens is 1. The Labute approximate surface area is 104 Å². The summed E-state index contributed by atoms with van der Waals surface area (Å²) in [6, 6.07) is 1.16. The van der Waals surface area contributed by atoms with E-state index in [1.807, 2.05) is 0 Å². The first-order valence-electron chi connectivity index (χ1n) is 5.47. The highest BCUT2D eigenvalue weighted by molar-refractivity contribution is 7.89. The Morgan fingerprint density at radius 3 is 2.67 bits per heavy atom. The Bertz CT molecular complexity index is 530. The smallest absolute Gasteiger partial charge is 0.355 e. The number of carbonyl (C=O) groups is 1. The number of rotatable bonds is 3. The van der Waals surface area contributed by atoms with Crippen molar-refractivity contribution in [2.45, 2.75) is 23.8 Å². The summed E-state index contributed by atoms with van der Waals surface area (Å²) < 4.78 is 32.5. The Balaban J connectivity index is 2.02. The number of carbonyl (C=O) groups excluding carboxylic acids is 1. The van der Waals surface area contributed by atoms with Gasteiger partial charge in [-0.2, -0.15) is 0 Å². The van der Waals surface area contributed by atoms with E-state index in [9.17, 15) is 13.2 Å². The normalized spacial score (nSPS) is 17.6. The molecule has 3 N–H and O–H groups in total. The van der Waals surface area contributed by atoms with Gasteiger partial charge < -0.3 is 14.5 Å². The van der Waals surface area contributed by atoms with Gasteiger partial charge in [0.2, 0.25) is 10.0 Å². The topological polar surface area (TPSA) is 111 Å². The van der Waals surface area contributed by atoms with E-state index >= 15 is 0 Å². The molecule has 1 aliphatic heterocycles. The van der Waals surface area contributed by atoms with Gasteiger partial charge in [0.15, 0.2) is 0 Å². The van der Waals surface area contributed by atoms with Crippen molar-refractivity contribution in [3.05, 3.63) is 18.0 Å². The van der Waals surface area contributed by atoms with Gasteiger partial charge in [-0.1, -0.05) is 0 Å². The fourth-order valence-electron chi connectivity index (χ4n) is 1.67. The minimum absolute atomic E-state index is 0.0746. The SMILES string of the molecule is NS(=O)(=O)c1c[nH]c(C(=O)OC2CCOCC2)c1. The third kappa shape index (κ3) is 3.09. The average Bonchev–Trinajstić information content (AvgIpc) is 2.79. The molecule has 8 heteroatoms. The first-order valence-corrected chi connectivity index (χ1v) is 7.01. The van der Waals surface area contributed by atoms with Crippen molar-refractivity contribution in [1.82, 2.24) is 4.98 Å². The van der Waals surface area contributed by atoms with E-state index in [1.54, 1.807) is 0 Å². The van der Waals surface area contributed by atoms with Crippen molar-refractivity contribution < 1.29 is 22.7 Å². The van der Waals surface area contributed by atoms with Crippen LogP contribution in [0.3, 0.4) is 0 Å². The number of primary sulfonamides is 1. The molecule has 1 fully saturated rings. The number of hydrogen-bond acceptors (Lipinski definition) is 5. The number of hydrogen-bond donors (Lipinski definition) is 2. The number of ether oxygens (including phenoxy) is 2. The number of aromatic nitrogens is 1. The lowest BCUT2D eigenvalue weighted by Crippen LogP contribution is -2.26. The number of nitrogens with one attached hydrogen (secondary N) is 1. The van der Waals surface area contributed by atoms with Crippen LogP contribution in [-0.4, -0.2) is 38.7 Å². The molecule has 1 aromatic rings. The monoisotopic (exact) mass is 274 g/mol. The Morgan fingerprint density at radius 1 is 1.44 bits per heavy atom. The fraction of sp³-hybridized carbons (Fsp3) is 0.500. The molecule has 0 amide bonds. The van der Waals surface area contributed by atoms with Crippen molar-refractivity contribution in [2.75, 3.05) is 13.2 Å². The summed E-state index contributed by atoms with van der Waals surface area (Å²) in [5.74, 6) is -0.586. The molecule has 0 unspecified atom stereocenters. The molecule has 7 nitrogen and oxygen atoms in total. The van der Waals surface area contributed by atoms with Crippen LogP contribution in [0.4, 0.5) is 0 Å². The van der Waals surface area contributed by atoms with Gasteiger partial charge in [-0.3, -0.25) is 0 Å². The van der Waals surface area contributed by atoms with E-state index in [0.29, 0.717) is 26.1 Å². The van der Waals surface area contributed by atoms with Crippen molar-refractivity contribution >= 4 is 16.0 Å². The van der Waals surface area contributed by atoms with Crippen LogP contribution >= 0.6 is 0 Å². The number of aromatic amines is 1. The third-order valence-electron chi connectivity index (χ3n) is 2.65. The molecule has 2 heterocycles. The lowest BCUT2D eigenvalue weighted by Gasteiger charge is -2.21. The third-order valence-corrected chi connectivity index (χ3v) is 3.54. The van der Waals surface area contributed by atoms with Crippen LogP contribution in [0.25, 0.3) is 0 Å². The van der Waals surface area contributed by atoms with Gasteiger partial charge in [0.05, 0.1) is 13.2 Å². The maximum Gasteiger partial charge on any atom is 0.355 e. The predicted octanol–water partition coefficient (Wildman–Crippen LogP) is -0.00210. The van der Waals surface area contributed by atoms with Gasteiger partial charge in [-0.05, 0) is 6.07 Å². The molecule has 0 bridgehead atoms. The molecule has 1 aromatic heterocycles. The molecule has 0 spiro atoms. The van der Waals surface area contributed by atoms with Crippen LogP contribution in [0, 0.1) is 0 Å². The number of esters is 1. The van der Waals surface area contributed by atoms with E-state index in [2.05, 4.69) is 4.98 Å². The average molecular weight is 274 g/mol. The molecule has 0 aromatic carbocycles. The molecule has 100 valence electrons. The zero-order valence-corrected chi connectivity index (χ0v) is 10.4. The summed E-state index contributed by atoms with van der Waals surface area (Å²) in [4.78, 5) is 14.1. The zero-order valence-electron chi connectivity index (χ0n) is 9.59. The van der Waals surface area contributed by atoms with Crippen LogP contribution in [0.15, 0.2) is 17.2 Å². The molecular formula is C10H14N2O5S. The summed E-state index contributed by atoms with van der Waals surface area (Å²) in [5.41, 5.74) is 0.0746. The highest BCUT2D eigenvalue weighted by atomic mass is 32.2. The first kappa shape index (κ1) is 13.1. The molecule has 2 rings (SSSR count). The molecule has 1 aliphatic rings. The largest absolute Gasteiger partial charge is 0.458 e. The van der Waals surface area contributed by atoms with Crippen LogP contribution in [0.2, 0.25) is 0 Å². The van der Waals surface area contributed by atoms with E-state index in [0.717, 1.165) is 12.3 Å². The molecular weight excluding hydrogens is 260 g/mol. The summed E-state index contributed by atoms with van der Waals surface area (Å²) in [6.45, 7) is 1.12. The summed E-state index contributed by atoms with van der Waals surface area (Å²) in [5, 5.41) is 4.94. The highest BCUT2D eigenvalue weighted by Gasteiger charge is 2.21. The first-order chi connectivity index (χ1) is 8.47. The molecule has 1 saturated heterocycles. The van der Waals surface area contributed by atoms with Gasteiger partial charge in [-0.25, -0.2) is 18.4 Å². The number of nitrogens with two attached hydrogens (primary N) is 1. The van der Waals surface area contributed by atoms with Crippen molar-refractivity contribution in [1.29, 1.82) is 0 Å². The lowest BCUT2D eigenvalue weighted by atomic mass is 10.1. The highest BCUT2D eigenvalue weighted by Crippen LogP contribution is 2.15. The van der Waals surface area contributed by atoms with Crippen molar-refractivity contribution in [3.8, 4) is 0 Å². The van der Waals surface area contributed by atoms with Gasteiger partial charge in [0.1, 0.15) is 16.7 Å². The maximum atomic E-state index is 11.7. The number of sulfonamides is 1. The van der Waals surface area contributed by atoms with Crippen molar-refractivity contribution in [2.24, 2.45) is 5.14 Å². The molecule has 0 atom stereocenters. The second kappa shape index (κ2) is 5.09. The van der Waals surface area contributed by atoms with Gasteiger partial charge in [-0.15, -0.1) is 0 Å². The molecule has 0 aliphatic carbocycles. The predicted molar refractivity (Wildman–Crippen MR) is 61.4 cm³/mol. The quantitative estimate of drug-likeness (QED) is 0.753. The lowest BCUT2D eigenvalue weighted by molar-refractivity contribution is -0.0162. The minimum atomic E-state index is -3.81. The van der Waals surface area contributed by atoms with E-state index in [-0.39, 0.29) is 16.7 Å².